The van der Waals surface area contributed by atoms with Crippen LogP contribution in [0.2, 0.25) is 0 Å². The first kappa shape index (κ1) is 19.8. The number of carbonyl (C=O) groups excluding carboxylic acids is 1. The molecule has 150 valence electrons. The molecule has 2 aromatic rings. The summed E-state index contributed by atoms with van der Waals surface area (Å²) in [6, 6.07) is 4.88. The molecule has 8 nitrogen and oxygen atoms in total. The number of ether oxygens (including phenoxy) is 1. The third-order valence-corrected chi connectivity index (χ3v) is 5.12. The van der Waals surface area contributed by atoms with Crippen molar-refractivity contribution in [1.29, 1.82) is 0 Å². The fraction of sp³-hybridized carbons (Fsp3) is 0.421. The quantitative estimate of drug-likeness (QED) is 0.784. The number of hydrogen-bond acceptors (Lipinski definition) is 4. The van der Waals surface area contributed by atoms with Crippen molar-refractivity contribution >= 4 is 12.0 Å². The van der Waals surface area contributed by atoms with Gasteiger partial charge in [0.05, 0.1) is 6.61 Å². The molecule has 0 radical (unpaired) electrons. The number of amides is 2. The summed E-state index contributed by atoms with van der Waals surface area (Å²) in [5.41, 5.74) is -0.853. The Hall–Kier alpha value is -2.94. The minimum absolute atomic E-state index is 0.0161. The number of aliphatic carboxylic acids is 1. The second-order valence-electron chi connectivity index (χ2n) is 6.99. The lowest BCUT2D eigenvalue weighted by atomic mass is 9.88. The van der Waals surface area contributed by atoms with Crippen LogP contribution in [0.1, 0.15) is 23.9 Å². The maximum Gasteiger partial charge on any atom is 0.318 e. The van der Waals surface area contributed by atoms with Crippen molar-refractivity contribution in [1.82, 2.24) is 19.8 Å². The van der Waals surface area contributed by atoms with Crippen molar-refractivity contribution < 1.29 is 23.8 Å². The van der Waals surface area contributed by atoms with E-state index in [2.05, 4.69) is 10.3 Å². The van der Waals surface area contributed by atoms with E-state index in [9.17, 15) is 19.1 Å². The van der Waals surface area contributed by atoms with E-state index in [1.807, 2.05) is 0 Å². The maximum atomic E-state index is 14.4. The second-order valence-corrected chi connectivity index (χ2v) is 6.99. The van der Waals surface area contributed by atoms with Gasteiger partial charge in [-0.1, -0.05) is 18.2 Å². The number of rotatable bonds is 6. The van der Waals surface area contributed by atoms with E-state index >= 15 is 0 Å². The number of urea groups is 1. The number of aryl methyl sites for hydroxylation is 1. The van der Waals surface area contributed by atoms with Crippen LogP contribution in [0.15, 0.2) is 36.7 Å². The van der Waals surface area contributed by atoms with Gasteiger partial charge in [-0.3, -0.25) is 4.79 Å². The van der Waals surface area contributed by atoms with Gasteiger partial charge in [0.15, 0.2) is 0 Å². The summed E-state index contributed by atoms with van der Waals surface area (Å²) < 4.78 is 21.2. The van der Waals surface area contributed by atoms with Crippen LogP contribution in [-0.4, -0.2) is 58.4 Å². The predicted octanol–water partition coefficient (Wildman–Crippen LogP) is 1.78. The zero-order valence-corrected chi connectivity index (χ0v) is 15.8. The Morgan fingerprint density at radius 3 is 2.79 bits per heavy atom. The zero-order valence-electron chi connectivity index (χ0n) is 15.8. The van der Waals surface area contributed by atoms with Crippen LogP contribution in [0.25, 0.3) is 0 Å². The van der Waals surface area contributed by atoms with Gasteiger partial charge in [-0.25, -0.2) is 14.2 Å². The van der Waals surface area contributed by atoms with Crippen molar-refractivity contribution in [3.05, 3.63) is 53.9 Å². The van der Waals surface area contributed by atoms with E-state index in [0.29, 0.717) is 5.82 Å². The Balaban J connectivity index is 1.84. The highest BCUT2D eigenvalue weighted by molar-refractivity contribution is 5.80. The molecule has 1 aromatic heterocycles. The third kappa shape index (κ3) is 3.70. The van der Waals surface area contributed by atoms with Gasteiger partial charge in [0, 0.05) is 45.2 Å². The average molecular weight is 390 g/mol. The Bertz CT molecular complexity index is 871. The highest BCUT2D eigenvalue weighted by Gasteiger charge is 2.46. The lowest BCUT2D eigenvalue weighted by molar-refractivity contribution is -0.151. The highest BCUT2D eigenvalue weighted by Crippen LogP contribution is 2.32. The van der Waals surface area contributed by atoms with Gasteiger partial charge in [-0.05, 0) is 12.5 Å². The molecule has 0 bridgehead atoms. The standard InChI is InChI=1S/C19H23FN4O4/c1-23-10-8-21-16(23)15(13-5-3-4-6-14(13)20)22-18(27)24-9-7-19(11-24,12-28-2)17(25)26/h3-6,8,10,15H,7,9,11-12H2,1-2H3,(H,22,27)(H,25,26). The van der Waals surface area contributed by atoms with E-state index in [-0.39, 0.29) is 31.7 Å². The fourth-order valence-corrected chi connectivity index (χ4v) is 3.54. The lowest BCUT2D eigenvalue weighted by Gasteiger charge is -2.26. The number of nitrogens with one attached hydrogen (secondary N) is 1. The van der Waals surface area contributed by atoms with Gasteiger partial charge < -0.3 is 24.6 Å². The molecule has 3 rings (SSSR count). The largest absolute Gasteiger partial charge is 0.481 e. The summed E-state index contributed by atoms with van der Waals surface area (Å²) in [5.74, 6) is -0.991. The predicted molar refractivity (Wildman–Crippen MR) is 98.1 cm³/mol. The summed E-state index contributed by atoms with van der Waals surface area (Å²) >= 11 is 0. The van der Waals surface area contributed by atoms with Crippen molar-refractivity contribution in [2.75, 3.05) is 26.8 Å². The van der Waals surface area contributed by atoms with Gasteiger partial charge in [0.2, 0.25) is 0 Å². The number of halogens is 1. The van der Waals surface area contributed by atoms with E-state index < -0.39 is 29.3 Å². The molecule has 2 N–H and O–H groups in total. The number of likely N-dealkylation sites (tertiary alicyclic amines) is 1. The summed E-state index contributed by atoms with van der Waals surface area (Å²) in [6.07, 6.45) is 3.56. The molecule has 0 spiro atoms. The van der Waals surface area contributed by atoms with Gasteiger partial charge in [0.25, 0.3) is 0 Å². The molecular formula is C19H23FN4O4. The third-order valence-electron chi connectivity index (χ3n) is 5.12. The van der Waals surface area contributed by atoms with Gasteiger partial charge in [-0.15, -0.1) is 0 Å². The number of carboxylic acids is 1. The first-order valence-electron chi connectivity index (χ1n) is 8.87. The van der Waals surface area contributed by atoms with Crippen LogP contribution in [-0.2, 0) is 16.6 Å². The first-order chi connectivity index (χ1) is 13.4. The van der Waals surface area contributed by atoms with E-state index in [0.717, 1.165) is 0 Å². The van der Waals surface area contributed by atoms with Crippen LogP contribution in [0.3, 0.4) is 0 Å². The molecule has 1 fully saturated rings. The van der Waals surface area contributed by atoms with Crippen LogP contribution in [0.4, 0.5) is 9.18 Å². The molecule has 0 aliphatic carbocycles. The van der Waals surface area contributed by atoms with E-state index in [4.69, 9.17) is 4.74 Å². The molecule has 28 heavy (non-hydrogen) atoms. The molecule has 1 aliphatic rings. The second kappa shape index (κ2) is 7.97. The Morgan fingerprint density at radius 2 is 2.18 bits per heavy atom. The van der Waals surface area contributed by atoms with Crippen LogP contribution < -0.4 is 5.32 Å². The van der Waals surface area contributed by atoms with Crippen molar-refractivity contribution in [2.24, 2.45) is 12.5 Å². The number of imidazole rings is 1. The minimum Gasteiger partial charge on any atom is -0.481 e. The summed E-state index contributed by atoms with van der Waals surface area (Å²) in [6.45, 7) is 0.306. The van der Waals surface area contributed by atoms with Crippen LogP contribution in [0, 0.1) is 11.2 Å². The maximum absolute atomic E-state index is 14.4. The molecule has 2 heterocycles. The van der Waals surface area contributed by atoms with Crippen LogP contribution >= 0.6 is 0 Å². The highest BCUT2D eigenvalue weighted by atomic mass is 19.1. The minimum atomic E-state index is -1.14. The SMILES string of the molecule is COCC1(C(=O)O)CCN(C(=O)NC(c2ccccc2F)c2nccn2C)C1. The molecule has 2 unspecified atom stereocenters. The zero-order chi connectivity index (χ0) is 20.3. The molecule has 2 atom stereocenters. The first-order valence-corrected chi connectivity index (χ1v) is 8.87. The molecule has 1 aliphatic heterocycles. The Labute approximate surface area is 161 Å². The summed E-state index contributed by atoms with van der Waals surface area (Å²) in [4.78, 5) is 30.3. The van der Waals surface area contributed by atoms with Crippen molar-refractivity contribution in [2.45, 2.75) is 12.5 Å². The molecule has 1 saturated heterocycles. The van der Waals surface area contributed by atoms with E-state index in [1.54, 1.807) is 42.2 Å². The molecular weight excluding hydrogens is 367 g/mol. The number of carboxylic acid groups (broad SMARTS) is 1. The van der Waals surface area contributed by atoms with Gasteiger partial charge >= 0.3 is 12.0 Å². The normalized spacial score (nSPS) is 20.2. The molecule has 1 aromatic carbocycles. The van der Waals surface area contributed by atoms with Gasteiger partial charge in [0.1, 0.15) is 23.1 Å². The monoisotopic (exact) mass is 390 g/mol. The summed E-state index contributed by atoms with van der Waals surface area (Å²) in [5, 5.41) is 12.4. The number of methoxy groups -OCH3 is 1. The molecule has 2 amide bonds. The summed E-state index contributed by atoms with van der Waals surface area (Å²) in [7, 11) is 3.19. The fourth-order valence-electron chi connectivity index (χ4n) is 3.54. The Morgan fingerprint density at radius 1 is 1.43 bits per heavy atom. The lowest BCUT2D eigenvalue weighted by Crippen LogP contribution is -2.45. The number of carbonyl (C=O) groups is 2. The van der Waals surface area contributed by atoms with E-state index in [1.165, 1.54) is 18.1 Å². The van der Waals surface area contributed by atoms with Crippen molar-refractivity contribution in [3.8, 4) is 0 Å². The van der Waals surface area contributed by atoms with Crippen molar-refractivity contribution in [3.63, 3.8) is 0 Å². The average Bonchev–Trinajstić information content (AvgIpc) is 3.28. The number of nitrogens with zero attached hydrogens (tertiary/aromatic N) is 3. The topological polar surface area (TPSA) is 96.7 Å². The smallest absolute Gasteiger partial charge is 0.318 e. The number of benzene rings is 1. The molecule has 9 heteroatoms. The van der Waals surface area contributed by atoms with Crippen LogP contribution in [0.5, 0.6) is 0 Å². The number of hydrogen-bond donors (Lipinski definition) is 2. The number of aromatic nitrogens is 2. The van der Waals surface area contributed by atoms with Gasteiger partial charge in [-0.2, -0.15) is 0 Å². The Kier molecular flexibility index (Phi) is 5.64. The molecule has 0 saturated carbocycles.